The fraction of sp³-hybridized carbons (Fsp3) is 1.00. The zero-order valence-corrected chi connectivity index (χ0v) is 14.3. The number of hydrogen-bond donors (Lipinski definition) is 2. The largest absolute Gasteiger partial charge is 0.317 e. The molecule has 0 amide bonds. The lowest BCUT2D eigenvalue weighted by Gasteiger charge is -2.06. The molecule has 0 rings (SSSR count). The molecule has 0 atom stereocenters. The van der Waals surface area contributed by atoms with Gasteiger partial charge in [0.25, 0.3) is 0 Å². The smallest absolute Gasteiger partial charge is 0.00489 e. The maximum atomic E-state index is 3.56. The van der Waals surface area contributed by atoms with E-state index in [4.69, 9.17) is 0 Å². The molecule has 0 unspecified atom stereocenters. The third kappa shape index (κ3) is 17.9. The van der Waals surface area contributed by atoms with Crippen molar-refractivity contribution in [2.45, 2.75) is 90.9 Å². The quantitative estimate of drug-likeness (QED) is 0.372. The van der Waals surface area contributed by atoms with Gasteiger partial charge in [0.1, 0.15) is 0 Å². The molecule has 0 aromatic heterocycles. The molecule has 0 aliphatic carbocycles. The molecular formula is C18H40N2. The number of nitrogens with one attached hydrogen (secondary N) is 2. The number of hydrogen-bond acceptors (Lipinski definition) is 2. The van der Waals surface area contributed by atoms with E-state index < -0.39 is 0 Å². The van der Waals surface area contributed by atoms with Gasteiger partial charge >= 0.3 is 0 Å². The Balaban J connectivity index is 2.89. The van der Waals surface area contributed by atoms with Crippen molar-refractivity contribution in [2.24, 2.45) is 0 Å². The summed E-state index contributed by atoms with van der Waals surface area (Å²) in [6, 6.07) is 0. The van der Waals surface area contributed by atoms with Crippen LogP contribution in [0.5, 0.6) is 0 Å². The molecule has 2 heteroatoms. The zero-order chi connectivity index (χ0) is 14.7. The van der Waals surface area contributed by atoms with Crippen LogP contribution in [0.25, 0.3) is 0 Å². The van der Waals surface area contributed by atoms with E-state index in [1.807, 2.05) is 0 Å². The summed E-state index contributed by atoms with van der Waals surface area (Å²) in [4.78, 5) is 0. The third-order valence-corrected chi connectivity index (χ3v) is 3.87. The van der Waals surface area contributed by atoms with Gasteiger partial charge < -0.3 is 10.6 Å². The molecular weight excluding hydrogens is 244 g/mol. The lowest BCUT2D eigenvalue weighted by Crippen LogP contribution is -2.17. The van der Waals surface area contributed by atoms with Crippen molar-refractivity contribution < 1.29 is 0 Å². The van der Waals surface area contributed by atoms with Crippen molar-refractivity contribution in [3.05, 3.63) is 0 Å². The summed E-state index contributed by atoms with van der Waals surface area (Å²) in [5, 5.41) is 7.12. The van der Waals surface area contributed by atoms with Crippen LogP contribution in [-0.2, 0) is 0 Å². The molecule has 0 saturated carbocycles. The Hall–Kier alpha value is -0.0800. The normalized spacial score (nSPS) is 11.1. The lowest BCUT2D eigenvalue weighted by molar-refractivity contribution is 0.539. The van der Waals surface area contributed by atoms with Crippen LogP contribution >= 0.6 is 0 Å². The second kappa shape index (κ2) is 18.9. The van der Waals surface area contributed by atoms with E-state index >= 15 is 0 Å². The molecule has 0 spiro atoms. The Bertz CT molecular complexity index is 141. The van der Waals surface area contributed by atoms with E-state index in [0.29, 0.717) is 0 Å². The third-order valence-electron chi connectivity index (χ3n) is 3.87. The van der Waals surface area contributed by atoms with Gasteiger partial charge in [-0.15, -0.1) is 0 Å². The van der Waals surface area contributed by atoms with Crippen LogP contribution < -0.4 is 10.6 Å². The minimum absolute atomic E-state index is 1.22. The monoisotopic (exact) mass is 284 g/mol. The molecule has 0 aliphatic rings. The van der Waals surface area contributed by atoms with Crippen molar-refractivity contribution in [1.82, 2.24) is 10.6 Å². The van der Waals surface area contributed by atoms with Crippen LogP contribution in [0.3, 0.4) is 0 Å². The van der Waals surface area contributed by atoms with E-state index in [1.54, 1.807) is 0 Å². The highest BCUT2D eigenvalue weighted by molar-refractivity contribution is 4.53. The Labute approximate surface area is 128 Å². The average molecular weight is 285 g/mol. The highest BCUT2D eigenvalue weighted by Gasteiger charge is 1.92. The van der Waals surface area contributed by atoms with E-state index in [0.717, 1.165) is 0 Å². The standard InChI is InChI=1S/C18H40N2/c1-3-5-7-11-15-19-17-13-9-10-14-18-20-16-12-8-6-4-2/h19-20H,3-18H2,1-2H3. The second-order valence-electron chi connectivity index (χ2n) is 6.04. The first-order valence-corrected chi connectivity index (χ1v) is 9.33. The fourth-order valence-electron chi connectivity index (χ4n) is 2.46. The van der Waals surface area contributed by atoms with Gasteiger partial charge in [-0.25, -0.2) is 0 Å². The maximum absolute atomic E-state index is 3.56. The topological polar surface area (TPSA) is 24.1 Å². The first-order valence-electron chi connectivity index (χ1n) is 9.33. The molecule has 0 aliphatic heterocycles. The van der Waals surface area contributed by atoms with E-state index in [-0.39, 0.29) is 0 Å². The van der Waals surface area contributed by atoms with Crippen LogP contribution in [0.2, 0.25) is 0 Å². The van der Waals surface area contributed by atoms with Crippen molar-refractivity contribution in [3.8, 4) is 0 Å². The van der Waals surface area contributed by atoms with Gasteiger partial charge in [0.15, 0.2) is 0 Å². The van der Waals surface area contributed by atoms with E-state index in [2.05, 4.69) is 24.5 Å². The van der Waals surface area contributed by atoms with Crippen molar-refractivity contribution in [3.63, 3.8) is 0 Å². The van der Waals surface area contributed by atoms with E-state index in [1.165, 1.54) is 103 Å². The fourth-order valence-corrected chi connectivity index (χ4v) is 2.46. The summed E-state index contributed by atoms with van der Waals surface area (Å²) in [5.74, 6) is 0. The molecule has 0 radical (unpaired) electrons. The second-order valence-corrected chi connectivity index (χ2v) is 6.04. The van der Waals surface area contributed by atoms with Gasteiger partial charge in [-0.3, -0.25) is 0 Å². The average Bonchev–Trinajstić information content (AvgIpc) is 2.47. The van der Waals surface area contributed by atoms with Gasteiger partial charge in [0.2, 0.25) is 0 Å². The van der Waals surface area contributed by atoms with Gasteiger partial charge in [0.05, 0.1) is 0 Å². The minimum Gasteiger partial charge on any atom is -0.317 e. The Kier molecular flexibility index (Phi) is 18.8. The molecule has 0 aromatic carbocycles. The van der Waals surface area contributed by atoms with Gasteiger partial charge in [-0.2, -0.15) is 0 Å². The highest BCUT2D eigenvalue weighted by atomic mass is 14.8. The summed E-state index contributed by atoms with van der Waals surface area (Å²) in [6.45, 7) is 9.42. The van der Waals surface area contributed by atoms with Crippen molar-refractivity contribution in [2.75, 3.05) is 26.2 Å². The predicted octanol–water partition coefficient (Wildman–Crippen LogP) is 4.89. The van der Waals surface area contributed by atoms with Gasteiger partial charge in [-0.1, -0.05) is 65.2 Å². The van der Waals surface area contributed by atoms with Crippen LogP contribution in [0, 0.1) is 0 Å². The predicted molar refractivity (Wildman–Crippen MR) is 92.5 cm³/mol. The summed E-state index contributed by atoms with van der Waals surface area (Å²) >= 11 is 0. The number of unbranched alkanes of at least 4 members (excludes halogenated alkanes) is 9. The molecule has 2 nitrogen and oxygen atoms in total. The molecule has 0 aromatic rings. The SMILES string of the molecule is CCCCCCNCCCCCCNCCCCCC. The molecule has 0 fully saturated rings. The van der Waals surface area contributed by atoms with E-state index in [9.17, 15) is 0 Å². The maximum Gasteiger partial charge on any atom is -0.00489 e. The molecule has 0 saturated heterocycles. The van der Waals surface area contributed by atoms with Gasteiger partial charge in [-0.05, 0) is 51.9 Å². The first-order chi connectivity index (χ1) is 9.91. The minimum atomic E-state index is 1.22. The van der Waals surface area contributed by atoms with Crippen LogP contribution in [0.1, 0.15) is 90.9 Å². The summed E-state index contributed by atoms with van der Waals surface area (Å²) in [7, 11) is 0. The molecule has 0 bridgehead atoms. The Morgan fingerprint density at radius 1 is 0.400 bits per heavy atom. The Morgan fingerprint density at radius 3 is 1.00 bits per heavy atom. The number of rotatable bonds is 17. The van der Waals surface area contributed by atoms with Crippen molar-refractivity contribution in [1.29, 1.82) is 0 Å². The summed E-state index contributed by atoms with van der Waals surface area (Å²) in [5.41, 5.74) is 0. The first kappa shape index (κ1) is 19.9. The highest BCUT2D eigenvalue weighted by Crippen LogP contribution is 2.00. The molecule has 122 valence electrons. The molecule has 20 heavy (non-hydrogen) atoms. The zero-order valence-electron chi connectivity index (χ0n) is 14.3. The lowest BCUT2D eigenvalue weighted by atomic mass is 10.2. The molecule has 2 N–H and O–H groups in total. The van der Waals surface area contributed by atoms with Crippen LogP contribution in [-0.4, -0.2) is 26.2 Å². The van der Waals surface area contributed by atoms with Gasteiger partial charge in [0, 0.05) is 0 Å². The summed E-state index contributed by atoms with van der Waals surface area (Å²) < 4.78 is 0. The molecule has 0 heterocycles. The van der Waals surface area contributed by atoms with Crippen molar-refractivity contribution >= 4 is 0 Å². The van der Waals surface area contributed by atoms with Crippen LogP contribution in [0.4, 0.5) is 0 Å². The van der Waals surface area contributed by atoms with Crippen LogP contribution in [0.15, 0.2) is 0 Å². The summed E-state index contributed by atoms with van der Waals surface area (Å²) in [6.07, 6.45) is 16.5. The Morgan fingerprint density at radius 2 is 0.700 bits per heavy atom.